The zero-order valence-electron chi connectivity index (χ0n) is 21.5. The van der Waals surface area contributed by atoms with Gasteiger partial charge in [0.05, 0.1) is 12.1 Å². The van der Waals surface area contributed by atoms with Gasteiger partial charge in [0.1, 0.15) is 24.4 Å². The molecule has 1 aromatic rings. The normalized spacial score (nSPS) is 21.7. The van der Waals surface area contributed by atoms with Gasteiger partial charge in [0.15, 0.2) is 0 Å². The molecule has 3 atom stereocenters. The Labute approximate surface area is 218 Å². The van der Waals surface area contributed by atoms with E-state index >= 15 is 0 Å². The highest BCUT2D eigenvalue weighted by Gasteiger charge is 2.35. The Kier molecular flexibility index (Phi) is 10.1. The van der Waals surface area contributed by atoms with Crippen molar-refractivity contribution in [2.45, 2.75) is 69.6 Å². The molecule has 1 aromatic carbocycles. The lowest BCUT2D eigenvalue weighted by Gasteiger charge is -2.36. The van der Waals surface area contributed by atoms with Gasteiger partial charge in [-0.1, -0.05) is 30.3 Å². The van der Waals surface area contributed by atoms with Crippen LogP contribution in [0, 0.1) is 11.3 Å². The largest absolute Gasteiger partial charge is 0.453 e. The van der Waals surface area contributed by atoms with Crippen LogP contribution in [0.25, 0.3) is 0 Å². The Morgan fingerprint density at radius 3 is 2.62 bits per heavy atom. The van der Waals surface area contributed by atoms with Crippen LogP contribution in [0.2, 0.25) is 6.32 Å². The number of nitriles is 1. The number of rotatable bonds is 9. The minimum absolute atomic E-state index is 0.00950. The summed E-state index contributed by atoms with van der Waals surface area (Å²) in [4.78, 5) is 29.4. The third-order valence-corrected chi connectivity index (χ3v) is 7.03. The number of amides is 2. The number of nitrogens with one attached hydrogen (secondary N) is 1. The third kappa shape index (κ3) is 8.02. The maximum atomic E-state index is 13.7. The van der Waals surface area contributed by atoms with E-state index in [0.717, 1.165) is 12.8 Å². The minimum atomic E-state index is -1.62. The van der Waals surface area contributed by atoms with Crippen molar-refractivity contribution < 1.29 is 28.8 Å². The molecule has 0 bridgehead atoms. The predicted molar refractivity (Wildman–Crippen MR) is 137 cm³/mol. The fourth-order valence-electron chi connectivity index (χ4n) is 4.95. The minimum Gasteiger partial charge on any atom is -0.447 e. The second-order valence-corrected chi connectivity index (χ2v) is 10.2. The van der Waals surface area contributed by atoms with Gasteiger partial charge in [-0.05, 0) is 51.2 Å². The lowest BCUT2D eigenvalue weighted by molar-refractivity contribution is -0.131. The van der Waals surface area contributed by atoms with E-state index in [1.807, 2.05) is 30.9 Å². The van der Waals surface area contributed by atoms with Gasteiger partial charge >= 0.3 is 13.2 Å². The van der Waals surface area contributed by atoms with E-state index in [9.17, 15) is 29.3 Å². The zero-order valence-corrected chi connectivity index (χ0v) is 21.5. The molecule has 0 radical (unpaired) electrons. The molecule has 2 heterocycles. The van der Waals surface area contributed by atoms with Gasteiger partial charge in [-0.25, -0.2) is 9.18 Å². The maximum Gasteiger partial charge on any atom is 0.453 e. The summed E-state index contributed by atoms with van der Waals surface area (Å²) >= 11 is 0. The van der Waals surface area contributed by atoms with Crippen LogP contribution in [0.4, 0.5) is 9.18 Å². The third-order valence-electron chi connectivity index (χ3n) is 7.03. The molecule has 9 nitrogen and oxygen atoms in total. The van der Waals surface area contributed by atoms with Gasteiger partial charge in [-0.15, -0.1) is 0 Å². The molecule has 2 fully saturated rings. The second-order valence-electron chi connectivity index (χ2n) is 10.2. The summed E-state index contributed by atoms with van der Waals surface area (Å²) < 4.78 is 19.2. The smallest absolute Gasteiger partial charge is 0.447 e. The van der Waals surface area contributed by atoms with Gasteiger partial charge in [-0.3, -0.25) is 9.69 Å². The Morgan fingerprint density at radius 2 is 2.00 bits per heavy atom. The summed E-state index contributed by atoms with van der Waals surface area (Å²) in [6.07, 6.45) is 2.53. The van der Waals surface area contributed by atoms with Crippen molar-refractivity contribution in [3.63, 3.8) is 0 Å². The highest BCUT2D eigenvalue weighted by molar-refractivity contribution is 6.41. The van der Waals surface area contributed by atoms with Crippen LogP contribution in [-0.4, -0.2) is 83.0 Å². The van der Waals surface area contributed by atoms with Gasteiger partial charge in [-0.2, -0.15) is 5.26 Å². The Morgan fingerprint density at radius 1 is 1.27 bits per heavy atom. The van der Waals surface area contributed by atoms with Crippen LogP contribution < -0.4 is 5.32 Å². The second kappa shape index (κ2) is 13.0. The molecule has 2 aliphatic heterocycles. The molecule has 37 heavy (non-hydrogen) atoms. The van der Waals surface area contributed by atoms with Gasteiger partial charge < -0.3 is 25.0 Å². The highest BCUT2D eigenvalue weighted by Crippen LogP contribution is 2.27. The first kappa shape index (κ1) is 28.6. The number of carbonyl (C=O) groups excluding carboxylic acids is 2. The first-order valence-corrected chi connectivity index (χ1v) is 12.8. The molecule has 0 aromatic heterocycles. The van der Waals surface area contributed by atoms with E-state index in [2.05, 4.69) is 5.32 Å². The van der Waals surface area contributed by atoms with E-state index in [-0.39, 0.29) is 25.0 Å². The molecular weight excluding hydrogens is 478 g/mol. The highest BCUT2D eigenvalue weighted by atomic mass is 19.1. The summed E-state index contributed by atoms with van der Waals surface area (Å²) in [6.45, 7) is 4.94. The fraction of sp³-hybridized carbons (Fsp3) is 0.577. The van der Waals surface area contributed by atoms with Crippen molar-refractivity contribution >= 4 is 19.1 Å². The number of likely N-dealkylation sites (tertiary alicyclic amines) is 2. The number of ether oxygens (including phenoxy) is 1. The standard InChI is InChI=1S/C26H36BFN4O5/c1-26(2,31-13-11-21(28)17-31)14-20(16-29)24(33)32-12-7-6-10-22(32)18-37-25(34)30-23(15-27(35)36)19-8-4-3-5-9-19/h3-5,8-9,14,21-23,35-36H,6-7,10-13,15,17-18H2,1-2H3,(H,30,34)/t21-,22-,23-/m1/s1. The van der Waals surface area contributed by atoms with Crippen molar-refractivity contribution in [3.05, 3.63) is 47.5 Å². The molecule has 2 saturated heterocycles. The molecular formula is C26H36BFN4O5. The molecule has 0 unspecified atom stereocenters. The molecule has 0 spiro atoms. The number of halogens is 1. The fourth-order valence-corrected chi connectivity index (χ4v) is 4.95. The number of benzene rings is 1. The number of carbonyl (C=O) groups is 2. The van der Waals surface area contributed by atoms with E-state index < -0.39 is 42.9 Å². The first-order chi connectivity index (χ1) is 17.6. The van der Waals surface area contributed by atoms with Gasteiger partial charge in [0.2, 0.25) is 0 Å². The van der Waals surface area contributed by atoms with Crippen molar-refractivity contribution in [1.29, 1.82) is 5.26 Å². The summed E-state index contributed by atoms with van der Waals surface area (Å²) in [5.41, 5.74) is 0.0303. The molecule has 200 valence electrons. The SMILES string of the molecule is CC(C)(C=C(C#N)C(=O)N1CCCC[C@@H]1COC(=O)N[C@H](CB(O)O)c1ccccc1)N1CC[C@@H](F)C1. The van der Waals surface area contributed by atoms with Crippen LogP contribution in [-0.2, 0) is 9.53 Å². The van der Waals surface area contributed by atoms with Gasteiger partial charge in [0.25, 0.3) is 5.91 Å². The van der Waals surface area contributed by atoms with Crippen molar-refractivity contribution in [2.75, 3.05) is 26.2 Å². The molecule has 3 N–H and O–H groups in total. The van der Waals surface area contributed by atoms with Crippen molar-refractivity contribution in [3.8, 4) is 6.07 Å². The molecule has 3 rings (SSSR count). The van der Waals surface area contributed by atoms with Crippen molar-refractivity contribution in [2.24, 2.45) is 0 Å². The Hall–Kier alpha value is -2.94. The molecule has 0 saturated carbocycles. The molecule has 0 aliphatic carbocycles. The lowest BCUT2D eigenvalue weighted by Crippen LogP contribution is -2.48. The first-order valence-electron chi connectivity index (χ1n) is 12.8. The number of alkyl halides is 1. The van der Waals surface area contributed by atoms with Crippen LogP contribution in [0.5, 0.6) is 0 Å². The average Bonchev–Trinajstić information content (AvgIpc) is 3.33. The topological polar surface area (TPSA) is 126 Å². The summed E-state index contributed by atoms with van der Waals surface area (Å²) in [5.74, 6) is -0.425. The van der Waals surface area contributed by atoms with E-state index in [4.69, 9.17) is 4.74 Å². The lowest BCUT2D eigenvalue weighted by atomic mass is 9.79. The summed E-state index contributed by atoms with van der Waals surface area (Å²) in [7, 11) is -1.62. The van der Waals surface area contributed by atoms with Gasteiger partial charge in [0, 0.05) is 31.5 Å². The van der Waals surface area contributed by atoms with Crippen molar-refractivity contribution in [1.82, 2.24) is 15.1 Å². The van der Waals surface area contributed by atoms with E-state index in [0.29, 0.717) is 31.5 Å². The van der Waals surface area contributed by atoms with E-state index in [1.165, 1.54) is 0 Å². The molecule has 2 aliphatic rings. The number of hydrogen-bond donors (Lipinski definition) is 3. The van der Waals surface area contributed by atoms with Crippen LogP contribution in [0.1, 0.15) is 51.1 Å². The number of hydrogen-bond acceptors (Lipinski definition) is 7. The van der Waals surface area contributed by atoms with E-state index in [1.54, 1.807) is 35.2 Å². The average molecular weight is 514 g/mol. The number of nitrogens with zero attached hydrogens (tertiary/aromatic N) is 3. The monoisotopic (exact) mass is 514 g/mol. The quantitative estimate of drug-likeness (QED) is 0.263. The molecule has 2 amide bonds. The predicted octanol–water partition coefficient (Wildman–Crippen LogP) is 2.58. The zero-order chi connectivity index (χ0) is 27.0. The molecule has 11 heteroatoms. The Bertz CT molecular complexity index is 1000. The summed E-state index contributed by atoms with van der Waals surface area (Å²) in [6, 6.07) is 9.87. The maximum absolute atomic E-state index is 13.7. The summed E-state index contributed by atoms with van der Waals surface area (Å²) in [5, 5.41) is 31.3. The number of piperidine rings is 1. The van der Waals surface area contributed by atoms with Crippen LogP contribution >= 0.6 is 0 Å². The number of alkyl carbamates (subject to hydrolysis) is 1. The van der Waals surface area contributed by atoms with Crippen LogP contribution in [0.15, 0.2) is 42.0 Å². The Balaban J connectivity index is 1.65. The van der Waals surface area contributed by atoms with Crippen LogP contribution in [0.3, 0.4) is 0 Å².